The molecule has 0 saturated heterocycles. The van der Waals surface area contributed by atoms with Gasteiger partial charge in [0.05, 0.1) is 0 Å². The second kappa shape index (κ2) is 8.62. The van der Waals surface area contributed by atoms with Crippen molar-refractivity contribution in [1.29, 1.82) is 0 Å². The molecular formula is C17H21BrN4O. The van der Waals surface area contributed by atoms with Crippen molar-refractivity contribution >= 4 is 33.5 Å². The number of halogens is 1. The van der Waals surface area contributed by atoms with Crippen molar-refractivity contribution in [2.45, 2.75) is 26.7 Å². The van der Waals surface area contributed by atoms with Crippen molar-refractivity contribution in [1.82, 2.24) is 9.97 Å². The molecule has 0 spiro atoms. The molecule has 6 heteroatoms. The third-order valence-corrected chi connectivity index (χ3v) is 3.78. The summed E-state index contributed by atoms with van der Waals surface area (Å²) in [5.41, 5.74) is 1.10. The van der Waals surface area contributed by atoms with E-state index >= 15 is 0 Å². The first-order valence-electron chi connectivity index (χ1n) is 7.79. The van der Waals surface area contributed by atoms with Crippen LogP contribution in [0.25, 0.3) is 0 Å². The van der Waals surface area contributed by atoms with E-state index in [1.807, 2.05) is 24.3 Å². The fourth-order valence-electron chi connectivity index (χ4n) is 2.21. The van der Waals surface area contributed by atoms with Crippen molar-refractivity contribution in [2.75, 3.05) is 23.3 Å². The van der Waals surface area contributed by atoms with Gasteiger partial charge in [0.15, 0.2) is 0 Å². The molecule has 1 aromatic heterocycles. The highest BCUT2D eigenvalue weighted by atomic mass is 79.9. The second-order valence-electron chi connectivity index (χ2n) is 5.19. The smallest absolute Gasteiger partial charge is 0.274 e. The lowest BCUT2D eigenvalue weighted by Gasteiger charge is -2.21. The van der Waals surface area contributed by atoms with E-state index in [2.05, 4.69) is 50.0 Å². The van der Waals surface area contributed by atoms with Crippen LogP contribution in [0.3, 0.4) is 0 Å². The summed E-state index contributed by atoms with van der Waals surface area (Å²) in [4.78, 5) is 23.2. The number of amides is 1. The zero-order chi connectivity index (χ0) is 16.7. The number of benzene rings is 1. The summed E-state index contributed by atoms with van der Waals surface area (Å²) in [7, 11) is 0. The molecule has 1 amide bonds. The summed E-state index contributed by atoms with van der Waals surface area (Å²) < 4.78 is 0.967. The van der Waals surface area contributed by atoms with Gasteiger partial charge in [-0.1, -0.05) is 29.8 Å². The number of rotatable bonds is 7. The molecule has 5 nitrogen and oxygen atoms in total. The van der Waals surface area contributed by atoms with Gasteiger partial charge >= 0.3 is 0 Å². The molecule has 2 aromatic rings. The van der Waals surface area contributed by atoms with Gasteiger partial charge in [-0.05, 0) is 43.2 Å². The summed E-state index contributed by atoms with van der Waals surface area (Å²) in [5.74, 6) is 0.376. The Hall–Kier alpha value is -1.95. The van der Waals surface area contributed by atoms with Crippen molar-refractivity contribution in [2.24, 2.45) is 0 Å². The SMILES string of the molecule is CCCN(CCC)c1nccc(C(=O)Nc2ccc(Br)cc2)n1. The Bertz CT molecular complexity index is 639. The summed E-state index contributed by atoms with van der Waals surface area (Å²) in [6.45, 7) is 6.00. The number of carbonyl (C=O) groups is 1. The fraction of sp³-hybridized carbons (Fsp3) is 0.353. The van der Waals surface area contributed by atoms with Gasteiger partial charge < -0.3 is 10.2 Å². The Morgan fingerprint density at radius 3 is 2.39 bits per heavy atom. The van der Waals surface area contributed by atoms with Crippen LogP contribution in [0.2, 0.25) is 0 Å². The average molecular weight is 377 g/mol. The van der Waals surface area contributed by atoms with Gasteiger partial charge in [0.2, 0.25) is 5.95 Å². The third kappa shape index (κ3) is 5.03. The van der Waals surface area contributed by atoms with Gasteiger partial charge in [0.25, 0.3) is 5.91 Å². The van der Waals surface area contributed by atoms with E-state index < -0.39 is 0 Å². The number of carbonyl (C=O) groups excluding carboxylic acids is 1. The highest BCUT2D eigenvalue weighted by molar-refractivity contribution is 9.10. The number of aromatic nitrogens is 2. The molecule has 0 unspecified atom stereocenters. The maximum Gasteiger partial charge on any atom is 0.274 e. The number of anilines is 2. The highest BCUT2D eigenvalue weighted by Crippen LogP contribution is 2.15. The molecule has 0 aliphatic carbocycles. The Morgan fingerprint density at radius 2 is 1.78 bits per heavy atom. The lowest BCUT2D eigenvalue weighted by molar-refractivity contribution is 0.102. The topological polar surface area (TPSA) is 58.1 Å². The zero-order valence-corrected chi connectivity index (χ0v) is 15.0. The predicted molar refractivity (Wildman–Crippen MR) is 96.9 cm³/mol. The van der Waals surface area contributed by atoms with Crippen LogP contribution in [0.1, 0.15) is 37.2 Å². The number of nitrogens with zero attached hydrogens (tertiary/aromatic N) is 3. The first-order valence-corrected chi connectivity index (χ1v) is 8.58. The molecular weight excluding hydrogens is 356 g/mol. The number of hydrogen-bond donors (Lipinski definition) is 1. The van der Waals surface area contributed by atoms with E-state index in [1.54, 1.807) is 12.3 Å². The second-order valence-corrected chi connectivity index (χ2v) is 6.11. The molecule has 0 saturated carbocycles. The van der Waals surface area contributed by atoms with Crippen LogP contribution < -0.4 is 10.2 Å². The molecule has 1 N–H and O–H groups in total. The largest absolute Gasteiger partial charge is 0.341 e. The molecule has 1 heterocycles. The molecule has 0 radical (unpaired) electrons. The standard InChI is InChI=1S/C17H21BrN4O/c1-3-11-22(12-4-2)17-19-10-9-15(21-17)16(23)20-14-7-5-13(18)6-8-14/h5-10H,3-4,11-12H2,1-2H3,(H,20,23). The van der Waals surface area contributed by atoms with E-state index in [1.165, 1.54) is 0 Å². The predicted octanol–water partition coefficient (Wildman–Crippen LogP) is 4.12. The van der Waals surface area contributed by atoms with Crippen LogP contribution in [0, 0.1) is 0 Å². The average Bonchev–Trinajstić information content (AvgIpc) is 2.57. The summed E-state index contributed by atoms with van der Waals surface area (Å²) in [6.07, 6.45) is 3.66. The van der Waals surface area contributed by atoms with Crippen LogP contribution in [-0.4, -0.2) is 29.0 Å². The molecule has 0 bridgehead atoms. The van der Waals surface area contributed by atoms with Gasteiger partial charge in [-0.3, -0.25) is 4.79 Å². The molecule has 0 fully saturated rings. The first kappa shape index (κ1) is 17.4. The van der Waals surface area contributed by atoms with Crippen molar-refractivity contribution in [3.63, 3.8) is 0 Å². The van der Waals surface area contributed by atoms with E-state index in [-0.39, 0.29) is 5.91 Å². The van der Waals surface area contributed by atoms with E-state index in [0.29, 0.717) is 11.6 Å². The van der Waals surface area contributed by atoms with Gasteiger partial charge in [-0.15, -0.1) is 0 Å². The lowest BCUT2D eigenvalue weighted by atomic mass is 10.3. The van der Waals surface area contributed by atoms with Crippen LogP contribution >= 0.6 is 15.9 Å². The molecule has 122 valence electrons. The van der Waals surface area contributed by atoms with E-state index in [9.17, 15) is 4.79 Å². The molecule has 23 heavy (non-hydrogen) atoms. The Kier molecular flexibility index (Phi) is 6.52. The highest BCUT2D eigenvalue weighted by Gasteiger charge is 2.13. The maximum absolute atomic E-state index is 12.4. The maximum atomic E-state index is 12.4. The molecule has 1 aromatic carbocycles. The summed E-state index contributed by atoms with van der Waals surface area (Å²) in [5, 5.41) is 2.85. The monoisotopic (exact) mass is 376 g/mol. The van der Waals surface area contributed by atoms with Gasteiger partial charge in [0.1, 0.15) is 5.69 Å². The van der Waals surface area contributed by atoms with Crippen LogP contribution in [0.15, 0.2) is 41.0 Å². The number of nitrogens with one attached hydrogen (secondary N) is 1. The Morgan fingerprint density at radius 1 is 1.13 bits per heavy atom. The van der Waals surface area contributed by atoms with E-state index in [4.69, 9.17) is 0 Å². The fourth-order valence-corrected chi connectivity index (χ4v) is 2.47. The number of hydrogen-bond acceptors (Lipinski definition) is 4. The summed E-state index contributed by atoms with van der Waals surface area (Å²) in [6, 6.07) is 9.07. The molecule has 0 aliphatic heterocycles. The molecule has 0 aliphatic rings. The Labute approximate surface area is 145 Å². The lowest BCUT2D eigenvalue weighted by Crippen LogP contribution is -2.27. The minimum atomic E-state index is -0.232. The minimum Gasteiger partial charge on any atom is -0.341 e. The third-order valence-electron chi connectivity index (χ3n) is 3.25. The van der Waals surface area contributed by atoms with Gasteiger partial charge in [-0.2, -0.15) is 0 Å². The van der Waals surface area contributed by atoms with E-state index in [0.717, 1.165) is 36.1 Å². The normalized spacial score (nSPS) is 10.4. The molecule has 0 atom stereocenters. The van der Waals surface area contributed by atoms with Gasteiger partial charge in [-0.25, -0.2) is 9.97 Å². The summed E-state index contributed by atoms with van der Waals surface area (Å²) >= 11 is 3.37. The first-order chi connectivity index (χ1) is 11.1. The van der Waals surface area contributed by atoms with Crippen molar-refractivity contribution in [3.8, 4) is 0 Å². The quantitative estimate of drug-likeness (QED) is 0.789. The van der Waals surface area contributed by atoms with Crippen molar-refractivity contribution < 1.29 is 4.79 Å². The van der Waals surface area contributed by atoms with Gasteiger partial charge in [0, 0.05) is 29.4 Å². The van der Waals surface area contributed by atoms with Crippen LogP contribution in [0.4, 0.5) is 11.6 Å². The Balaban J connectivity index is 2.14. The molecule has 2 rings (SSSR count). The zero-order valence-electron chi connectivity index (χ0n) is 13.4. The van der Waals surface area contributed by atoms with Crippen molar-refractivity contribution in [3.05, 3.63) is 46.7 Å². The minimum absolute atomic E-state index is 0.232. The van der Waals surface area contributed by atoms with Crippen LogP contribution in [-0.2, 0) is 0 Å². The van der Waals surface area contributed by atoms with Crippen LogP contribution in [0.5, 0.6) is 0 Å².